The van der Waals surface area contributed by atoms with E-state index in [4.69, 9.17) is 15.2 Å². The summed E-state index contributed by atoms with van der Waals surface area (Å²) in [4.78, 5) is 7.15. The van der Waals surface area contributed by atoms with Crippen LogP contribution in [0.25, 0.3) is 0 Å². The van der Waals surface area contributed by atoms with Crippen LogP contribution in [0, 0.1) is 0 Å². The molecular formula is C25H36N6O4S. The molecule has 2 saturated heterocycles. The first-order chi connectivity index (χ1) is 17.3. The normalized spacial score (nSPS) is 25.9. The fourth-order valence-corrected chi connectivity index (χ4v) is 6.89. The first kappa shape index (κ1) is 25.2. The molecule has 11 heteroatoms. The van der Waals surface area contributed by atoms with Gasteiger partial charge in [-0.05, 0) is 37.5 Å². The van der Waals surface area contributed by atoms with Crippen molar-refractivity contribution >= 4 is 21.5 Å². The summed E-state index contributed by atoms with van der Waals surface area (Å²) in [5.41, 5.74) is 7.68. The van der Waals surface area contributed by atoms with Crippen LogP contribution in [0.1, 0.15) is 26.2 Å². The van der Waals surface area contributed by atoms with E-state index < -0.39 is 15.6 Å². The second kappa shape index (κ2) is 10.1. The topological polar surface area (TPSA) is 122 Å². The number of nitrogens with one attached hydrogen (secondary N) is 2. The summed E-state index contributed by atoms with van der Waals surface area (Å²) >= 11 is 0. The fraction of sp³-hybridized carbons (Fsp3) is 0.560. The number of anilines is 1. The minimum atomic E-state index is -3.63. The van der Waals surface area contributed by atoms with Crippen LogP contribution in [-0.4, -0.2) is 88.1 Å². The van der Waals surface area contributed by atoms with Crippen molar-refractivity contribution in [1.82, 2.24) is 14.5 Å². The van der Waals surface area contributed by atoms with E-state index in [1.165, 1.54) is 7.11 Å². The van der Waals surface area contributed by atoms with Crippen LogP contribution in [0.3, 0.4) is 0 Å². The molecular weight excluding hydrogens is 480 g/mol. The smallest absolute Gasteiger partial charge is 0.243 e. The number of rotatable bonds is 7. The van der Waals surface area contributed by atoms with E-state index in [1.54, 1.807) is 22.5 Å². The van der Waals surface area contributed by atoms with E-state index in [1.807, 2.05) is 19.1 Å². The Bertz CT molecular complexity index is 1180. The van der Waals surface area contributed by atoms with Crippen LogP contribution in [0.2, 0.25) is 0 Å². The number of morpholine rings is 1. The average Bonchev–Trinajstić information content (AvgIpc) is 3.39. The van der Waals surface area contributed by atoms with Gasteiger partial charge in [0.2, 0.25) is 10.0 Å². The molecule has 0 amide bonds. The second-order valence-electron chi connectivity index (χ2n) is 9.65. The molecule has 4 aliphatic heterocycles. The molecule has 0 aromatic heterocycles. The second-order valence-corrected chi connectivity index (χ2v) is 11.6. The number of fused-ring (bicyclic) bond motifs is 1. The quantitative estimate of drug-likeness (QED) is 0.498. The van der Waals surface area contributed by atoms with Crippen LogP contribution >= 0.6 is 0 Å². The zero-order valence-corrected chi connectivity index (χ0v) is 21.8. The largest absolute Gasteiger partial charge is 0.495 e. The monoisotopic (exact) mass is 516 g/mol. The predicted molar refractivity (Wildman–Crippen MR) is 140 cm³/mol. The number of hydrogen-bond donors (Lipinski definition) is 3. The van der Waals surface area contributed by atoms with Gasteiger partial charge in [-0.1, -0.05) is 13.0 Å². The zero-order chi connectivity index (χ0) is 25.3. The summed E-state index contributed by atoms with van der Waals surface area (Å²) in [6.07, 6.45) is 6.37. The molecule has 0 saturated carbocycles. The van der Waals surface area contributed by atoms with Crippen molar-refractivity contribution in [3.8, 4) is 5.75 Å². The van der Waals surface area contributed by atoms with Gasteiger partial charge < -0.3 is 25.8 Å². The molecule has 1 aromatic carbocycles. The van der Waals surface area contributed by atoms with Gasteiger partial charge in [0, 0.05) is 43.9 Å². The first-order valence-electron chi connectivity index (χ1n) is 12.7. The Hall–Kier alpha value is -2.44. The molecule has 0 bridgehead atoms. The Morgan fingerprint density at radius 2 is 2.00 bits per heavy atom. The maximum atomic E-state index is 13.4. The Labute approximate surface area is 213 Å². The molecule has 4 N–H and O–H groups in total. The van der Waals surface area contributed by atoms with Crippen LogP contribution in [-0.2, 0) is 14.8 Å². The third-order valence-corrected chi connectivity index (χ3v) is 9.50. The number of nitrogens with zero attached hydrogens (tertiary/aromatic N) is 3. The van der Waals surface area contributed by atoms with Crippen molar-refractivity contribution in [2.45, 2.75) is 42.7 Å². The molecule has 10 nitrogen and oxygen atoms in total. The lowest BCUT2D eigenvalue weighted by molar-refractivity contribution is 0.00610. The number of sulfonamides is 1. The van der Waals surface area contributed by atoms with Crippen LogP contribution in [0.15, 0.2) is 51.6 Å². The third-order valence-electron chi connectivity index (χ3n) is 7.61. The number of benzene rings is 1. The van der Waals surface area contributed by atoms with Crippen LogP contribution < -0.4 is 21.1 Å². The highest BCUT2D eigenvalue weighted by atomic mass is 32.2. The molecule has 4 aliphatic rings. The maximum absolute atomic E-state index is 13.4. The molecule has 1 atom stereocenters. The van der Waals surface area contributed by atoms with Gasteiger partial charge in [-0.3, -0.25) is 9.89 Å². The maximum Gasteiger partial charge on any atom is 0.243 e. The minimum Gasteiger partial charge on any atom is -0.495 e. The summed E-state index contributed by atoms with van der Waals surface area (Å²) in [6, 6.07) is 5.37. The van der Waals surface area contributed by atoms with E-state index >= 15 is 0 Å². The number of ether oxygens (including phenoxy) is 2. The molecule has 196 valence electrons. The lowest BCUT2D eigenvalue weighted by Crippen LogP contribution is -2.50. The van der Waals surface area contributed by atoms with Gasteiger partial charge in [0.25, 0.3) is 0 Å². The standard InChI is InChI=1S/C25H36N6O4S/c1-3-25(26)17-23(29-24-20(25)6-9-27-24)28-21-5-4-19(16-22(21)34-2)36(32,33)31-10-7-18(8-11-31)30-12-14-35-15-13-30/h4-6,16-18,28H,3,7-15,26H2,1-2H3,(H,27,29). The molecule has 1 aromatic rings. The molecule has 36 heavy (non-hydrogen) atoms. The number of methoxy groups -OCH3 is 1. The van der Waals surface area contributed by atoms with Gasteiger partial charge in [0.1, 0.15) is 17.4 Å². The summed E-state index contributed by atoms with van der Waals surface area (Å²) in [5, 5.41) is 6.61. The Morgan fingerprint density at radius 3 is 2.69 bits per heavy atom. The van der Waals surface area contributed by atoms with E-state index in [-0.39, 0.29) is 4.90 Å². The van der Waals surface area contributed by atoms with Gasteiger partial charge in [0.15, 0.2) is 0 Å². The third kappa shape index (κ3) is 4.78. The van der Waals surface area contributed by atoms with Crippen molar-refractivity contribution in [1.29, 1.82) is 0 Å². The molecule has 5 rings (SSSR count). The number of aliphatic imine (C=N–C) groups is 1. The Kier molecular flexibility index (Phi) is 7.10. The molecule has 0 aliphatic carbocycles. The molecule has 0 radical (unpaired) electrons. The van der Waals surface area contributed by atoms with Crippen LogP contribution in [0.4, 0.5) is 5.69 Å². The molecule has 4 heterocycles. The number of amidine groups is 1. The highest BCUT2D eigenvalue weighted by Crippen LogP contribution is 2.33. The van der Waals surface area contributed by atoms with Gasteiger partial charge in [-0.15, -0.1) is 0 Å². The summed E-state index contributed by atoms with van der Waals surface area (Å²) in [7, 11) is -2.09. The highest BCUT2D eigenvalue weighted by Gasteiger charge is 2.36. The van der Waals surface area contributed by atoms with Gasteiger partial charge >= 0.3 is 0 Å². The van der Waals surface area contributed by atoms with Gasteiger partial charge in [0.05, 0.1) is 43.0 Å². The van der Waals surface area contributed by atoms with Crippen molar-refractivity contribution in [3.05, 3.63) is 41.7 Å². The minimum absolute atomic E-state index is 0.229. The van der Waals surface area contributed by atoms with E-state index in [2.05, 4.69) is 20.5 Å². The van der Waals surface area contributed by atoms with Crippen LogP contribution in [0.5, 0.6) is 5.75 Å². The fourth-order valence-electron chi connectivity index (χ4n) is 5.41. The lowest BCUT2D eigenvalue weighted by atomic mass is 9.85. The van der Waals surface area contributed by atoms with E-state index in [9.17, 15) is 8.42 Å². The van der Waals surface area contributed by atoms with Crippen molar-refractivity contribution < 1.29 is 17.9 Å². The lowest BCUT2D eigenvalue weighted by Gasteiger charge is -2.39. The predicted octanol–water partition coefficient (Wildman–Crippen LogP) is 1.48. The first-order valence-corrected chi connectivity index (χ1v) is 14.1. The summed E-state index contributed by atoms with van der Waals surface area (Å²) in [5.74, 6) is 1.90. The molecule has 1 unspecified atom stereocenters. The van der Waals surface area contributed by atoms with Crippen molar-refractivity contribution in [2.24, 2.45) is 10.7 Å². The Balaban J connectivity index is 1.30. The highest BCUT2D eigenvalue weighted by molar-refractivity contribution is 7.89. The summed E-state index contributed by atoms with van der Waals surface area (Å²) in [6.45, 7) is 7.01. The van der Waals surface area contributed by atoms with Gasteiger partial charge in [-0.25, -0.2) is 8.42 Å². The molecule has 0 spiro atoms. The SMILES string of the molecule is CCC1(N)C=C(Nc2ccc(S(=O)(=O)N3CCC(N4CCOCC4)CC3)cc2OC)NC2=NCC=C21. The zero-order valence-electron chi connectivity index (χ0n) is 21.0. The van der Waals surface area contributed by atoms with E-state index in [0.717, 1.165) is 57.0 Å². The number of nitrogens with two attached hydrogens (primary N) is 1. The van der Waals surface area contributed by atoms with Crippen molar-refractivity contribution in [2.75, 3.05) is 58.4 Å². The van der Waals surface area contributed by atoms with Crippen molar-refractivity contribution in [3.63, 3.8) is 0 Å². The van der Waals surface area contributed by atoms with Gasteiger partial charge in [-0.2, -0.15) is 4.31 Å². The number of hydrogen-bond acceptors (Lipinski definition) is 9. The van der Waals surface area contributed by atoms with E-state index in [0.29, 0.717) is 42.9 Å². The summed E-state index contributed by atoms with van der Waals surface area (Å²) < 4.78 is 39.5. The molecule has 2 fully saturated rings. The Morgan fingerprint density at radius 1 is 1.25 bits per heavy atom. The average molecular weight is 517 g/mol. The number of piperidine rings is 1.